The average molecular weight is 384 g/mol. The van der Waals surface area contributed by atoms with Crippen LogP contribution in [0, 0.1) is 0 Å². The van der Waals surface area contributed by atoms with E-state index < -0.39 is 0 Å². The molecule has 0 saturated carbocycles. The minimum atomic E-state index is -0.130. The lowest BCUT2D eigenvalue weighted by Gasteiger charge is -2.16. The first-order valence-corrected chi connectivity index (χ1v) is 8.45. The zero-order valence-electron chi connectivity index (χ0n) is 14.4. The number of ether oxygens (including phenoxy) is 2. The molecule has 0 bridgehead atoms. The van der Waals surface area contributed by atoms with Gasteiger partial charge in [-0.25, -0.2) is 0 Å². The van der Waals surface area contributed by atoms with E-state index >= 15 is 0 Å². The van der Waals surface area contributed by atoms with Crippen LogP contribution >= 0.6 is 23.2 Å². The molecule has 2 rings (SSSR count). The Kier molecular flexibility index (Phi) is 6.93. The Hall–Kier alpha value is -1.95. The van der Waals surface area contributed by atoms with Gasteiger partial charge < -0.3 is 19.7 Å². The van der Waals surface area contributed by atoms with Crippen LogP contribution in [-0.4, -0.2) is 33.7 Å². The van der Waals surface area contributed by atoms with E-state index in [1.54, 1.807) is 44.6 Å². The number of rotatable bonds is 7. The number of likely N-dealkylation sites (N-methyl/N-ethyl adjacent to an activating group) is 1. The predicted octanol–water partition coefficient (Wildman–Crippen LogP) is 2.66. The number of hydrogen-bond acceptors (Lipinski definition) is 3. The Balaban J connectivity index is 1.99. The Bertz CT molecular complexity index is 753. The molecule has 0 saturated heterocycles. The second-order valence-electron chi connectivity index (χ2n) is 5.66. The van der Waals surface area contributed by atoms with Gasteiger partial charge in [-0.05, 0) is 24.3 Å². The topological polar surface area (TPSA) is 52.0 Å². The van der Waals surface area contributed by atoms with Gasteiger partial charge in [0.1, 0.15) is 18.0 Å². The molecule has 1 unspecified atom stereocenters. The summed E-state index contributed by atoms with van der Waals surface area (Å²) in [5, 5.41) is 4.05. The van der Waals surface area contributed by atoms with Crippen molar-refractivity contribution in [1.82, 2.24) is 0 Å². The molecule has 0 aliphatic rings. The van der Waals surface area contributed by atoms with Gasteiger partial charge in [-0.2, -0.15) is 0 Å². The van der Waals surface area contributed by atoms with Crippen LogP contribution in [-0.2, 0) is 11.3 Å². The molecule has 1 atom stereocenters. The summed E-state index contributed by atoms with van der Waals surface area (Å²) in [5.41, 5.74) is 1.51. The van der Waals surface area contributed by atoms with E-state index in [0.29, 0.717) is 33.8 Å². The first kappa shape index (κ1) is 19.4. The van der Waals surface area contributed by atoms with E-state index in [1.165, 1.54) is 0 Å². The molecule has 0 spiro atoms. The van der Waals surface area contributed by atoms with E-state index in [-0.39, 0.29) is 12.5 Å². The van der Waals surface area contributed by atoms with Crippen molar-refractivity contribution in [2.75, 3.05) is 33.1 Å². The van der Waals surface area contributed by atoms with Crippen molar-refractivity contribution in [3.63, 3.8) is 0 Å². The third kappa shape index (κ3) is 5.53. The van der Waals surface area contributed by atoms with Crippen LogP contribution in [0.5, 0.6) is 11.5 Å². The molecular weight excluding hydrogens is 363 g/mol. The first-order chi connectivity index (χ1) is 11.9. The van der Waals surface area contributed by atoms with Gasteiger partial charge in [-0.1, -0.05) is 29.3 Å². The molecule has 2 aromatic carbocycles. The van der Waals surface area contributed by atoms with Crippen molar-refractivity contribution in [3.8, 4) is 11.5 Å². The van der Waals surface area contributed by atoms with Crippen LogP contribution in [0.2, 0.25) is 10.0 Å². The van der Waals surface area contributed by atoms with Gasteiger partial charge in [-0.3, -0.25) is 4.79 Å². The van der Waals surface area contributed by atoms with Crippen LogP contribution in [0.1, 0.15) is 5.56 Å². The quantitative estimate of drug-likeness (QED) is 0.772. The van der Waals surface area contributed by atoms with Crippen molar-refractivity contribution < 1.29 is 19.2 Å². The molecule has 7 heteroatoms. The largest absolute Gasteiger partial charge is 0.497 e. The Morgan fingerprint density at radius 3 is 2.52 bits per heavy atom. The molecule has 2 aromatic rings. The number of benzene rings is 2. The minimum absolute atomic E-state index is 0.130. The van der Waals surface area contributed by atoms with Gasteiger partial charge in [0.25, 0.3) is 5.91 Å². The van der Waals surface area contributed by atoms with Gasteiger partial charge in [0.05, 0.1) is 32.0 Å². The maximum absolute atomic E-state index is 12.3. The van der Waals surface area contributed by atoms with Crippen LogP contribution in [0.25, 0.3) is 0 Å². The number of anilines is 1. The number of methoxy groups -OCH3 is 2. The highest BCUT2D eigenvalue weighted by molar-refractivity contribution is 6.35. The Morgan fingerprint density at radius 1 is 1.12 bits per heavy atom. The average Bonchev–Trinajstić information content (AvgIpc) is 2.57. The summed E-state index contributed by atoms with van der Waals surface area (Å²) in [4.78, 5) is 13.3. The molecule has 2 N–H and O–H groups in total. The van der Waals surface area contributed by atoms with E-state index in [1.807, 2.05) is 13.1 Å². The number of quaternary nitrogens is 1. The SMILES string of the molecule is COc1ccc(OC)c(NC(=O)C[NH+](C)Cc2ccc(Cl)cc2Cl)c1. The maximum atomic E-state index is 12.3. The molecular formula is C18H21Cl2N2O3+. The molecule has 134 valence electrons. The highest BCUT2D eigenvalue weighted by Crippen LogP contribution is 2.28. The molecule has 0 heterocycles. The van der Waals surface area contributed by atoms with Gasteiger partial charge >= 0.3 is 0 Å². The third-order valence-electron chi connectivity index (χ3n) is 3.65. The molecule has 0 aliphatic carbocycles. The predicted molar refractivity (Wildman–Crippen MR) is 100 cm³/mol. The van der Waals surface area contributed by atoms with Crippen molar-refractivity contribution in [3.05, 3.63) is 52.0 Å². The van der Waals surface area contributed by atoms with Crippen LogP contribution in [0.4, 0.5) is 5.69 Å². The summed E-state index contributed by atoms with van der Waals surface area (Å²) in [7, 11) is 5.05. The molecule has 5 nitrogen and oxygen atoms in total. The normalized spacial score (nSPS) is 11.7. The highest BCUT2D eigenvalue weighted by Gasteiger charge is 2.15. The standard InChI is InChI=1S/C18H20Cl2N2O3/c1-22(10-12-4-5-13(19)8-15(12)20)11-18(23)21-16-9-14(24-2)6-7-17(16)25-3/h4-9H,10-11H2,1-3H3,(H,21,23)/p+1. The lowest BCUT2D eigenvalue weighted by Crippen LogP contribution is -3.08. The zero-order valence-corrected chi connectivity index (χ0v) is 15.9. The number of hydrogen-bond donors (Lipinski definition) is 2. The number of halogens is 2. The van der Waals surface area contributed by atoms with E-state index in [2.05, 4.69) is 5.32 Å². The summed E-state index contributed by atoms with van der Waals surface area (Å²) in [6.07, 6.45) is 0. The van der Waals surface area contributed by atoms with Gasteiger partial charge in [0.15, 0.2) is 6.54 Å². The smallest absolute Gasteiger partial charge is 0.279 e. The second-order valence-corrected chi connectivity index (χ2v) is 6.50. The maximum Gasteiger partial charge on any atom is 0.279 e. The summed E-state index contributed by atoms with van der Waals surface area (Å²) < 4.78 is 10.4. The van der Waals surface area contributed by atoms with Crippen molar-refractivity contribution >= 4 is 34.8 Å². The van der Waals surface area contributed by atoms with Crippen LogP contribution in [0.15, 0.2) is 36.4 Å². The first-order valence-electron chi connectivity index (χ1n) is 7.70. The second kappa shape index (κ2) is 8.94. The highest BCUT2D eigenvalue weighted by atomic mass is 35.5. The van der Waals surface area contributed by atoms with Crippen molar-refractivity contribution in [1.29, 1.82) is 0 Å². The number of nitrogens with one attached hydrogen (secondary N) is 2. The lowest BCUT2D eigenvalue weighted by molar-refractivity contribution is -0.885. The van der Waals surface area contributed by atoms with Crippen LogP contribution < -0.4 is 19.7 Å². The molecule has 0 aromatic heterocycles. The van der Waals surface area contributed by atoms with E-state index in [4.69, 9.17) is 32.7 Å². The summed E-state index contributed by atoms with van der Waals surface area (Å²) in [6.45, 7) is 0.887. The third-order valence-corrected chi connectivity index (χ3v) is 4.24. The Labute approximate surface area is 157 Å². The fourth-order valence-electron chi connectivity index (χ4n) is 2.43. The van der Waals surface area contributed by atoms with E-state index in [0.717, 1.165) is 10.5 Å². The molecule has 0 aliphatic heterocycles. The summed E-state index contributed by atoms with van der Waals surface area (Å²) in [6, 6.07) is 10.6. The number of carbonyl (C=O) groups is 1. The zero-order chi connectivity index (χ0) is 18.4. The van der Waals surface area contributed by atoms with Crippen molar-refractivity contribution in [2.24, 2.45) is 0 Å². The monoisotopic (exact) mass is 383 g/mol. The molecule has 25 heavy (non-hydrogen) atoms. The number of carbonyl (C=O) groups excluding carboxylic acids is 1. The fourth-order valence-corrected chi connectivity index (χ4v) is 2.91. The van der Waals surface area contributed by atoms with E-state index in [9.17, 15) is 4.79 Å². The van der Waals surface area contributed by atoms with Gasteiger partial charge in [0.2, 0.25) is 0 Å². The van der Waals surface area contributed by atoms with Crippen LogP contribution in [0.3, 0.4) is 0 Å². The number of amides is 1. The molecule has 0 radical (unpaired) electrons. The Morgan fingerprint density at radius 2 is 1.88 bits per heavy atom. The van der Waals surface area contributed by atoms with Crippen molar-refractivity contribution in [2.45, 2.75) is 6.54 Å². The molecule has 1 amide bonds. The summed E-state index contributed by atoms with van der Waals surface area (Å²) >= 11 is 12.1. The van der Waals surface area contributed by atoms with Gasteiger partial charge in [0, 0.05) is 16.7 Å². The minimum Gasteiger partial charge on any atom is -0.497 e. The summed E-state index contributed by atoms with van der Waals surface area (Å²) in [5.74, 6) is 1.09. The lowest BCUT2D eigenvalue weighted by atomic mass is 10.2. The fraction of sp³-hybridized carbons (Fsp3) is 0.278. The molecule has 0 fully saturated rings. The van der Waals surface area contributed by atoms with Gasteiger partial charge in [-0.15, -0.1) is 0 Å².